The highest BCUT2D eigenvalue weighted by atomic mass is 32.2. The second kappa shape index (κ2) is 36.2. The van der Waals surface area contributed by atoms with Crippen LogP contribution in [0.3, 0.4) is 0 Å². The molecule has 0 saturated heterocycles. The topological polar surface area (TPSA) is 432 Å². The molecule has 73 heavy (non-hydrogen) atoms. The maximum atomic E-state index is 13.2. The summed E-state index contributed by atoms with van der Waals surface area (Å²) in [5.74, 6) is -6.63. The van der Waals surface area contributed by atoms with E-state index in [0.717, 1.165) is 19.8 Å². The summed E-state index contributed by atoms with van der Waals surface area (Å²) in [7, 11) is -4.33. The van der Waals surface area contributed by atoms with Gasteiger partial charge in [-0.05, 0) is 58.1 Å². The lowest BCUT2D eigenvalue weighted by Gasteiger charge is -2.25. The highest BCUT2D eigenvalue weighted by molar-refractivity contribution is 8.14. The zero-order valence-electron chi connectivity index (χ0n) is 41.9. The van der Waals surface area contributed by atoms with Gasteiger partial charge in [-0.3, -0.25) is 43.6 Å². The minimum atomic E-state index is -4.33. The Morgan fingerprint density at radius 1 is 1.08 bits per heavy atom. The molecule has 3 heterocycles. The van der Waals surface area contributed by atoms with E-state index < -0.39 is 93.4 Å². The van der Waals surface area contributed by atoms with Gasteiger partial charge < -0.3 is 52.4 Å². The first-order valence-electron chi connectivity index (χ1n) is 22.5. The number of carbonyl (C=O) groups excluding carboxylic acids is 4. The van der Waals surface area contributed by atoms with Gasteiger partial charge in [0.15, 0.2) is 11.2 Å². The minimum absolute atomic E-state index is 0.0208. The maximum Gasteiger partial charge on any atom is 0.333 e. The van der Waals surface area contributed by atoms with E-state index in [4.69, 9.17) is 51.5 Å². The Kier molecular flexibility index (Phi) is 34.8. The number of thioether (sulfide) groups is 2. The van der Waals surface area contributed by atoms with Crippen molar-refractivity contribution in [3.8, 4) is 0 Å². The van der Waals surface area contributed by atoms with Crippen LogP contribution in [0.5, 0.6) is 0 Å². The molecule has 4 bridgehead atoms. The summed E-state index contributed by atoms with van der Waals surface area (Å²) in [5, 5.41) is 57.0. The van der Waals surface area contributed by atoms with Crippen molar-refractivity contribution in [3.63, 3.8) is 0 Å². The van der Waals surface area contributed by atoms with Crippen molar-refractivity contribution in [2.45, 2.75) is 148 Å². The van der Waals surface area contributed by atoms with E-state index in [1.165, 1.54) is 54.1 Å². The van der Waals surface area contributed by atoms with Gasteiger partial charge in [0.1, 0.15) is 50.8 Å². The molecule has 0 saturated carbocycles. The van der Waals surface area contributed by atoms with Crippen LogP contribution in [0.1, 0.15) is 117 Å². The second-order valence-corrected chi connectivity index (χ2v) is 21.4. The fourth-order valence-electron chi connectivity index (χ4n) is 5.11. The fraction of sp³-hybridized carbons (Fsp3) is 0.636. The van der Waals surface area contributed by atoms with Gasteiger partial charge in [0.2, 0.25) is 11.8 Å². The summed E-state index contributed by atoms with van der Waals surface area (Å²) in [6.07, 6.45) is 6.70. The van der Waals surface area contributed by atoms with Crippen LogP contribution < -0.4 is 22.1 Å². The van der Waals surface area contributed by atoms with Crippen LogP contribution in [0.15, 0.2) is 34.7 Å². The molecular formula is C44H72N6O19S4. The number of ether oxygens (including phenoxy) is 1. The number of cyclic esters (lactones) is 1. The average Bonchev–Trinajstić information content (AvgIpc) is 3.93. The Morgan fingerprint density at radius 3 is 2.14 bits per heavy atom. The Bertz CT molecular complexity index is 2150. The Morgan fingerprint density at radius 2 is 1.68 bits per heavy atom. The first kappa shape index (κ1) is 70.2. The molecule has 416 valence electrons. The highest BCUT2D eigenvalue weighted by Crippen LogP contribution is 2.32. The summed E-state index contributed by atoms with van der Waals surface area (Å²) in [5.41, 5.74) is 8.22. The van der Waals surface area contributed by atoms with Crippen LogP contribution in [0.2, 0.25) is 0 Å². The van der Waals surface area contributed by atoms with Gasteiger partial charge in [0.05, 0.1) is 26.0 Å². The molecule has 3 rings (SSSR count). The Labute approximate surface area is 437 Å². The average molecular weight is 1120 g/mol. The van der Waals surface area contributed by atoms with Crippen molar-refractivity contribution in [2.24, 2.45) is 22.4 Å². The number of aliphatic hydroxyl groups is 1. The molecule has 1 aromatic rings. The van der Waals surface area contributed by atoms with E-state index in [1.807, 2.05) is 11.5 Å². The number of nitrogens with two attached hydrogens (primary N) is 2. The largest absolute Gasteiger partial charge is 0.481 e. The molecule has 1 aromatic heterocycles. The SMILES string of the molecule is C=C(C)C1NC(=O)C2(C)CSC(=N2)c2csc(n2)CNC(=O)CC(/C=C/CCSC(=O)CCCCCCC)OC1=O.CC(C)C(N)C(=O)O.CC(N)(CS(=O)(=O)O)C(=O)O.CCOO.O=C(O)CC(O)C(=O)O. The van der Waals surface area contributed by atoms with E-state index in [-0.39, 0.29) is 29.9 Å². The maximum absolute atomic E-state index is 13.2. The van der Waals surface area contributed by atoms with Crippen LogP contribution in [0.25, 0.3) is 0 Å². The number of aromatic nitrogens is 1. The zero-order chi connectivity index (χ0) is 56.7. The number of aliphatic imine (C=N–C) groups is 1. The van der Waals surface area contributed by atoms with E-state index in [1.54, 1.807) is 40.7 Å². The summed E-state index contributed by atoms with van der Waals surface area (Å²) < 4.78 is 34.3. The number of rotatable bonds is 20. The minimum Gasteiger partial charge on any atom is -0.481 e. The van der Waals surface area contributed by atoms with E-state index in [2.05, 4.69) is 39.0 Å². The molecule has 6 atom stereocenters. The van der Waals surface area contributed by atoms with Gasteiger partial charge in [-0.1, -0.05) is 70.9 Å². The monoisotopic (exact) mass is 1120 g/mol. The predicted octanol–water partition coefficient (Wildman–Crippen LogP) is 3.09. The first-order valence-corrected chi connectivity index (χ1v) is 27.0. The number of unbranched alkanes of at least 4 members (excludes halogenated alkanes) is 4. The van der Waals surface area contributed by atoms with E-state index in [0.29, 0.717) is 52.3 Å². The number of nitrogens with zero attached hydrogens (tertiary/aromatic N) is 2. The van der Waals surface area contributed by atoms with Crippen molar-refractivity contribution in [1.82, 2.24) is 15.6 Å². The van der Waals surface area contributed by atoms with Crippen molar-refractivity contribution in [1.29, 1.82) is 0 Å². The van der Waals surface area contributed by atoms with Gasteiger partial charge in [-0.25, -0.2) is 19.5 Å². The van der Waals surface area contributed by atoms with Crippen LogP contribution >= 0.6 is 34.9 Å². The number of carboxylic acids is 4. The molecule has 0 fully saturated rings. The number of aliphatic hydroxyl groups excluding tert-OH is 1. The lowest BCUT2D eigenvalue weighted by molar-refractivity contribution is -0.237. The predicted molar refractivity (Wildman–Crippen MR) is 274 cm³/mol. The lowest BCUT2D eigenvalue weighted by atomic mass is 10.0. The van der Waals surface area contributed by atoms with E-state index in [9.17, 15) is 46.8 Å². The normalized spacial score (nSPS) is 19.4. The molecule has 0 spiro atoms. The number of nitrogens with one attached hydrogen (secondary N) is 2. The number of hydrogen-bond acceptors (Lipinski definition) is 21. The Balaban J connectivity index is 0. The molecule has 2 aliphatic rings. The molecular weight excluding hydrogens is 1040 g/mol. The molecule has 2 amide bonds. The number of amides is 2. The molecule has 13 N–H and O–H groups in total. The number of esters is 1. The molecule has 2 aliphatic heterocycles. The quantitative estimate of drug-likeness (QED) is 0.0223. The van der Waals surface area contributed by atoms with Gasteiger partial charge in [0, 0.05) is 23.3 Å². The molecule has 6 unspecified atom stereocenters. The van der Waals surface area contributed by atoms with Crippen LogP contribution in [0.4, 0.5) is 0 Å². The summed E-state index contributed by atoms with van der Waals surface area (Å²) in [4.78, 5) is 104. The van der Waals surface area contributed by atoms with Gasteiger partial charge in [-0.15, -0.1) is 23.1 Å². The molecule has 0 aliphatic carbocycles. The van der Waals surface area contributed by atoms with Gasteiger partial charge in [0.25, 0.3) is 10.1 Å². The van der Waals surface area contributed by atoms with Crippen molar-refractivity contribution >= 4 is 96.8 Å². The molecule has 0 aromatic carbocycles. The molecule has 25 nitrogen and oxygen atoms in total. The summed E-state index contributed by atoms with van der Waals surface area (Å²) in [6, 6.07) is -1.80. The number of thiazole rings is 1. The third-order valence-electron chi connectivity index (χ3n) is 9.33. The number of carboxylic acid groups (broad SMARTS) is 4. The number of aliphatic carboxylic acids is 4. The lowest BCUT2D eigenvalue weighted by Crippen LogP contribution is -2.51. The van der Waals surface area contributed by atoms with Gasteiger partial charge in [-0.2, -0.15) is 8.42 Å². The number of hydrogen-bond donors (Lipinski definition) is 11. The van der Waals surface area contributed by atoms with Crippen molar-refractivity contribution < 1.29 is 91.7 Å². The number of allylic oxidation sites excluding steroid dienone is 1. The Hall–Kier alpha value is -4.85. The first-order chi connectivity index (χ1) is 33.8. The van der Waals surface area contributed by atoms with Crippen molar-refractivity contribution in [3.05, 3.63) is 40.4 Å². The molecule has 0 radical (unpaired) electrons. The van der Waals surface area contributed by atoms with Crippen LogP contribution in [-0.2, 0) is 64.6 Å². The smallest absolute Gasteiger partial charge is 0.333 e. The second-order valence-electron chi connectivity index (χ2n) is 16.8. The third-order valence-corrected chi connectivity index (χ3v) is 13.4. The zero-order valence-corrected chi connectivity index (χ0v) is 45.2. The van der Waals surface area contributed by atoms with Gasteiger partial charge >= 0.3 is 29.8 Å². The van der Waals surface area contributed by atoms with E-state index >= 15 is 0 Å². The third kappa shape index (κ3) is 32.2. The van der Waals surface area contributed by atoms with Crippen molar-refractivity contribution in [2.75, 3.05) is 23.9 Å². The number of fused-ring (bicyclic) bond motifs is 4. The fourth-order valence-corrected chi connectivity index (χ4v) is 8.69. The molecule has 29 heteroatoms. The highest BCUT2D eigenvalue weighted by Gasteiger charge is 2.41. The summed E-state index contributed by atoms with van der Waals surface area (Å²) in [6.45, 7) is 16.3. The standard InChI is InChI=1S/C29H40N4O5S3.C5H11NO2.C4H9NO5S.C4H6O5.C2H6O2/c1-5-6-7-8-9-13-24(35)39-14-11-10-12-20-15-22(34)30-16-23-31-21(17-40-23)26-33-29(4,18-41-26)28(37)32-25(19(2)3)27(36)38-20;1-3(2)4(6)5(7)8;1-4(5,3(6)7)2-11(8,9)10;5-2(4(8)9)1-3(6)7;1-2-4-3/h10,12,17,20,25H,2,5-9,11,13-16,18H2,1,3-4H3,(H,30,34)(H,32,37);3-4H,6H2,1-2H3,(H,7,8);2,5H2,1H3,(H,6,7)(H,8,9,10);2,5H,1H2,(H,6,7)(H,8,9);3H,2H2,1H3/b12-10+;;;;. The number of carbonyl (C=O) groups is 8. The summed E-state index contributed by atoms with van der Waals surface area (Å²) >= 11 is 4.13. The van der Waals surface area contributed by atoms with Crippen LogP contribution in [-0.4, -0.2) is 160 Å². The van der Waals surface area contributed by atoms with Crippen LogP contribution in [0, 0.1) is 5.92 Å².